The van der Waals surface area contributed by atoms with Crippen LogP contribution in [0.1, 0.15) is 30.9 Å². The maximum atomic E-state index is 5.44. The molecule has 1 heterocycles. The molecule has 1 aromatic carbocycles. The van der Waals surface area contributed by atoms with Crippen molar-refractivity contribution < 1.29 is 4.42 Å². The maximum absolute atomic E-state index is 5.44. The highest BCUT2D eigenvalue weighted by atomic mass is 16.3. The molecule has 2 aromatic rings. The summed E-state index contributed by atoms with van der Waals surface area (Å²) in [5, 5.41) is 1.20. The highest BCUT2D eigenvalue weighted by Gasteiger charge is 2.08. The molecule has 0 saturated heterocycles. The molecule has 0 aliphatic heterocycles. The second kappa shape index (κ2) is 2.91. The van der Waals surface area contributed by atoms with Gasteiger partial charge in [0.05, 0.1) is 6.26 Å². The molecule has 0 N–H and O–H groups in total. The van der Waals surface area contributed by atoms with Crippen LogP contribution in [0.4, 0.5) is 0 Å². The summed E-state index contributed by atoms with van der Waals surface area (Å²) < 4.78 is 5.44. The lowest BCUT2D eigenvalue weighted by Gasteiger charge is -2.08. The smallest absolute Gasteiger partial charge is 0.137 e. The van der Waals surface area contributed by atoms with Crippen molar-refractivity contribution in [1.82, 2.24) is 0 Å². The summed E-state index contributed by atoms with van der Waals surface area (Å²) in [6.07, 6.45) is 1.75. The third kappa shape index (κ3) is 1.24. The van der Waals surface area contributed by atoms with E-state index in [1.807, 2.05) is 6.07 Å². The van der Waals surface area contributed by atoms with E-state index in [1.165, 1.54) is 16.5 Å². The molecule has 0 fully saturated rings. The van der Waals surface area contributed by atoms with Gasteiger partial charge < -0.3 is 4.42 Å². The second-order valence-corrected chi connectivity index (χ2v) is 3.77. The standard InChI is InChI=1S/C12H14O/c1-8(2)11-5-4-10-6-7-13-12(10)9(11)3/h4-8H,1-3H3. The molecule has 0 bridgehead atoms. The van der Waals surface area contributed by atoms with Crippen LogP contribution in [-0.4, -0.2) is 0 Å². The molecule has 0 atom stereocenters. The van der Waals surface area contributed by atoms with Crippen molar-refractivity contribution >= 4 is 11.0 Å². The SMILES string of the molecule is Cc1c(C(C)C)ccc2ccoc12. The zero-order valence-corrected chi connectivity index (χ0v) is 8.29. The number of fused-ring (bicyclic) bond motifs is 1. The first-order valence-electron chi connectivity index (χ1n) is 4.67. The highest BCUT2D eigenvalue weighted by Crippen LogP contribution is 2.27. The average molecular weight is 174 g/mol. The van der Waals surface area contributed by atoms with Crippen molar-refractivity contribution in [3.05, 3.63) is 35.6 Å². The first kappa shape index (κ1) is 8.36. The van der Waals surface area contributed by atoms with Crippen molar-refractivity contribution in [3.8, 4) is 0 Å². The fraction of sp³-hybridized carbons (Fsp3) is 0.333. The van der Waals surface area contributed by atoms with Gasteiger partial charge >= 0.3 is 0 Å². The van der Waals surface area contributed by atoms with E-state index >= 15 is 0 Å². The van der Waals surface area contributed by atoms with E-state index in [9.17, 15) is 0 Å². The topological polar surface area (TPSA) is 13.1 Å². The summed E-state index contributed by atoms with van der Waals surface area (Å²) in [6.45, 7) is 6.54. The van der Waals surface area contributed by atoms with Crippen LogP contribution in [0.5, 0.6) is 0 Å². The Labute approximate surface area is 78.4 Å². The van der Waals surface area contributed by atoms with Gasteiger partial charge in [-0.3, -0.25) is 0 Å². The Kier molecular flexibility index (Phi) is 1.87. The van der Waals surface area contributed by atoms with Crippen LogP contribution in [-0.2, 0) is 0 Å². The van der Waals surface area contributed by atoms with Crippen LogP contribution in [0.2, 0.25) is 0 Å². The maximum Gasteiger partial charge on any atom is 0.137 e. The predicted octanol–water partition coefficient (Wildman–Crippen LogP) is 3.86. The minimum atomic E-state index is 0.564. The average Bonchev–Trinajstić information content (AvgIpc) is 2.52. The Morgan fingerprint density at radius 3 is 2.62 bits per heavy atom. The summed E-state index contributed by atoms with van der Waals surface area (Å²) >= 11 is 0. The van der Waals surface area contributed by atoms with Crippen molar-refractivity contribution in [2.24, 2.45) is 0 Å². The number of furan rings is 1. The molecule has 0 aliphatic rings. The Hall–Kier alpha value is -1.24. The molecule has 0 amide bonds. The predicted molar refractivity (Wildman–Crippen MR) is 55.0 cm³/mol. The lowest BCUT2D eigenvalue weighted by Crippen LogP contribution is -1.91. The van der Waals surface area contributed by atoms with Crippen molar-refractivity contribution in [2.45, 2.75) is 26.7 Å². The van der Waals surface area contributed by atoms with E-state index in [1.54, 1.807) is 6.26 Å². The zero-order chi connectivity index (χ0) is 9.42. The first-order chi connectivity index (χ1) is 6.20. The quantitative estimate of drug-likeness (QED) is 0.639. The van der Waals surface area contributed by atoms with Gasteiger partial charge in [0.15, 0.2) is 0 Å². The molecular formula is C12H14O. The van der Waals surface area contributed by atoms with Gasteiger partial charge in [0.25, 0.3) is 0 Å². The van der Waals surface area contributed by atoms with Crippen LogP contribution >= 0.6 is 0 Å². The molecular weight excluding hydrogens is 160 g/mol. The Morgan fingerprint density at radius 2 is 1.92 bits per heavy atom. The van der Waals surface area contributed by atoms with E-state index in [2.05, 4.69) is 32.9 Å². The highest BCUT2D eigenvalue weighted by molar-refractivity contribution is 5.81. The molecule has 0 unspecified atom stereocenters. The van der Waals surface area contributed by atoms with Crippen molar-refractivity contribution in [1.29, 1.82) is 0 Å². The van der Waals surface area contributed by atoms with Gasteiger partial charge in [0.2, 0.25) is 0 Å². The zero-order valence-electron chi connectivity index (χ0n) is 8.29. The molecule has 0 spiro atoms. The molecule has 0 aliphatic carbocycles. The van der Waals surface area contributed by atoms with Gasteiger partial charge in [-0.25, -0.2) is 0 Å². The Balaban J connectivity index is 2.73. The van der Waals surface area contributed by atoms with E-state index in [0.29, 0.717) is 5.92 Å². The van der Waals surface area contributed by atoms with E-state index in [4.69, 9.17) is 4.42 Å². The van der Waals surface area contributed by atoms with Gasteiger partial charge in [-0.15, -0.1) is 0 Å². The molecule has 1 nitrogen and oxygen atoms in total. The van der Waals surface area contributed by atoms with Crippen molar-refractivity contribution in [3.63, 3.8) is 0 Å². The fourth-order valence-electron chi connectivity index (χ4n) is 1.82. The summed E-state index contributed by atoms with van der Waals surface area (Å²) in [5.74, 6) is 0.564. The Morgan fingerprint density at radius 1 is 1.15 bits per heavy atom. The van der Waals surface area contributed by atoms with Gasteiger partial charge in [0.1, 0.15) is 5.58 Å². The van der Waals surface area contributed by atoms with Gasteiger partial charge in [0, 0.05) is 5.39 Å². The number of rotatable bonds is 1. The van der Waals surface area contributed by atoms with Gasteiger partial charge in [-0.1, -0.05) is 26.0 Å². The molecule has 68 valence electrons. The van der Waals surface area contributed by atoms with Crippen LogP contribution in [0.3, 0.4) is 0 Å². The fourth-order valence-corrected chi connectivity index (χ4v) is 1.82. The van der Waals surface area contributed by atoms with E-state index in [-0.39, 0.29) is 0 Å². The summed E-state index contributed by atoms with van der Waals surface area (Å²) in [6, 6.07) is 6.32. The summed E-state index contributed by atoms with van der Waals surface area (Å²) in [5.41, 5.74) is 3.69. The third-order valence-corrected chi connectivity index (χ3v) is 2.53. The number of hydrogen-bond donors (Lipinski definition) is 0. The lowest BCUT2D eigenvalue weighted by atomic mass is 9.97. The van der Waals surface area contributed by atoms with Crippen LogP contribution in [0, 0.1) is 6.92 Å². The van der Waals surface area contributed by atoms with Crippen LogP contribution in [0.15, 0.2) is 28.9 Å². The van der Waals surface area contributed by atoms with Gasteiger partial charge in [-0.2, -0.15) is 0 Å². The minimum absolute atomic E-state index is 0.564. The second-order valence-electron chi connectivity index (χ2n) is 3.77. The van der Waals surface area contributed by atoms with E-state index in [0.717, 1.165) is 5.58 Å². The number of benzene rings is 1. The summed E-state index contributed by atoms with van der Waals surface area (Å²) in [4.78, 5) is 0. The summed E-state index contributed by atoms with van der Waals surface area (Å²) in [7, 11) is 0. The van der Waals surface area contributed by atoms with E-state index < -0.39 is 0 Å². The molecule has 1 heteroatoms. The van der Waals surface area contributed by atoms with Gasteiger partial charge in [-0.05, 0) is 30.0 Å². The largest absolute Gasteiger partial charge is 0.464 e. The van der Waals surface area contributed by atoms with Crippen LogP contribution in [0.25, 0.3) is 11.0 Å². The normalized spacial score (nSPS) is 11.4. The monoisotopic (exact) mass is 174 g/mol. The molecule has 0 radical (unpaired) electrons. The molecule has 1 aromatic heterocycles. The lowest BCUT2D eigenvalue weighted by molar-refractivity contribution is 0.611. The van der Waals surface area contributed by atoms with Crippen LogP contribution < -0.4 is 0 Å². The molecule has 13 heavy (non-hydrogen) atoms. The third-order valence-electron chi connectivity index (χ3n) is 2.53. The molecule has 0 saturated carbocycles. The Bertz CT molecular complexity index is 424. The first-order valence-corrected chi connectivity index (χ1v) is 4.67. The minimum Gasteiger partial charge on any atom is -0.464 e. The number of aryl methyl sites for hydroxylation is 1. The molecule has 2 rings (SSSR count). The van der Waals surface area contributed by atoms with Crippen molar-refractivity contribution in [2.75, 3.05) is 0 Å². The number of hydrogen-bond acceptors (Lipinski definition) is 1.